The van der Waals surface area contributed by atoms with E-state index in [2.05, 4.69) is 34.6 Å². The molecule has 25 nitrogen and oxygen atoms in total. The zero-order valence-corrected chi connectivity index (χ0v) is 72.5. The van der Waals surface area contributed by atoms with Gasteiger partial charge in [-0.3, -0.25) is 28.2 Å². The molecule has 0 aromatic heterocycles. The third-order valence-electron chi connectivity index (χ3n) is 23.0. The Hall–Kier alpha value is -2.53. The molecule has 19 unspecified atom stereocenters. The molecule has 672 valence electrons. The molecular formula is C88H165O25P. The number of carbonyl (C=O) groups excluding carboxylic acids is 4. The normalized spacial score (nSPS) is 25.6. The van der Waals surface area contributed by atoms with E-state index in [1.807, 2.05) is 0 Å². The maximum atomic E-state index is 14.9. The Labute approximate surface area is 687 Å². The summed E-state index contributed by atoms with van der Waals surface area (Å²) in [6.45, 7) is 7.93. The smallest absolute Gasteiger partial charge is 0.463 e. The molecule has 0 amide bonds. The topological polar surface area (TPSA) is 380 Å². The number of phosphoric acid groups is 1. The van der Waals surface area contributed by atoms with Crippen LogP contribution in [0.4, 0.5) is 0 Å². The molecule has 3 rings (SSSR count). The minimum atomic E-state index is -5.80. The third-order valence-corrected chi connectivity index (χ3v) is 24.0. The summed E-state index contributed by atoms with van der Waals surface area (Å²) in [5.41, 5.74) is 0. The van der Waals surface area contributed by atoms with Crippen LogP contribution in [0.1, 0.15) is 401 Å². The highest BCUT2D eigenvalue weighted by molar-refractivity contribution is 7.47. The van der Waals surface area contributed by atoms with E-state index < -0.39 is 162 Å². The lowest BCUT2D eigenvalue weighted by Gasteiger charge is -2.50. The Balaban J connectivity index is 1.93. The van der Waals surface area contributed by atoms with Crippen LogP contribution >= 0.6 is 7.82 Å². The fourth-order valence-electron chi connectivity index (χ4n) is 15.6. The van der Waals surface area contributed by atoms with E-state index in [1.165, 1.54) is 180 Å². The van der Waals surface area contributed by atoms with Crippen molar-refractivity contribution in [3.63, 3.8) is 0 Å². The van der Waals surface area contributed by atoms with Gasteiger partial charge >= 0.3 is 31.7 Å². The fraction of sp³-hybridized carbons (Fsp3) is 0.955. The molecule has 10 N–H and O–H groups in total. The maximum absolute atomic E-state index is 14.9. The van der Waals surface area contributed by atoms with Crippen molar-refractivity contribution in [3.05, 3.63) is 0 Å². The first kappa shape index (κ1) is 106. The standard InChI is InChI=1S/C88H165O25P/c1-6-10-14-18-22-25-28-31-34-37-40-47-54-60-72(91)105-66-70-76(95)78(97)82(101)88(109-70)112-85-83(110-74(93)62-56-50-42-39-36-33-30-27-24-20-16-12-8-3)79(98)80(99)84(111-87-81(100)77(96)75(94)69(63-89)108-87)86(85)113-114(102,103)106-65-68(107-73(92)61-55-49-41-38-35-32-29-26-23-19-15-11-7-2)64-104-71(90)59-53-48-44-43-46-52-58-67(5)57-51-45-21-17-13-9-4/h67-70,75-89,94-101H,6-66H2,1-5H3,(H,102,103). The summed E-state index contributed by atoms with van der Waals surface area (Å²) in [6.07, 6.45) is 21.2. The van der Waals surface area contributed by atoms with Crippen LogP contribution in [0, 0.1) is 5.92 Å². The molecule has 2 aliphatic heterocycles. The quantitative estimate of drug-likeness (QED) is 0.0117. The predicted molar refractivity (Wildman–Crippen MR) is 440 cm³/mol. The van der Waals surface area contributed by atoms with Gasteiger partial charge in [-0.2, -0.15) is 0 Å². The van der Waals surface area contributed by atoms with Crippen LogP contribution in [0.3, 0.4) is 0 Å². The van der Waals surface area contributed by atoms with Gasteiger partial charge in [0.15, 0.2) is 24.8 Å². The van der Waals surface area contributed by atoms with Crippen LogP contribution in [0.25, 0.3) is 0 Å². The number of hydrogen-bond donors (Lipinski definition) is 10. The summed E-state index contributed by atoms with van der Waals surface area (Å²) >= 11 is 0. The zero-order chi connectivity index (χ0) is 83.4. The number of aliphatic hydroxyl groups excluding tert-OH is 9. The van der Waals surface area contributed by atoms with Gasteiger partial charge in [0.2, 0.25) is 0 Å². The number of unbranched alkanes of at least 4 members (excludes halogenated alkanes) is 46. The average molecular weight is 1650 g/mol. The second kappa shape index (κ2) is 67.1. The van der Waals surface area contributed by atoms with E-state index in [0.29, 0.717) is 38.0 Å². The van der Waals surface area contributed by atoms with Crippen molar-refractivity contribution in [2.24, 2.45) is 5.92 Å². The largest absolute Gasteiger partial charge is 0.472 e. The molecule has 0 aromatic carbocycles. The lowest BCUT2D eigenvalue weighted by molar-refractivity contribution is -0.360. The van der Waals surface area contributed by atoms with E-state index in [1.54, 1.807) is 0 Å². The summed E-state index contributed by atoms with van der Waals surface area (Å²) in [5.74, 6) is -2.26. The second-order valence-electron chi connectivity index (χ2n) is 33.5. The zero-order valence-electron chi connectivity index (χ0n) is 71.6. The molecule has 26 heteroatoms. The number of phosphoric ester groups is 1. The van der Waals surface area contributed by atoms with Gasteiger partial charge in [-0.25, -0.2) is 4.57 Å². The Morgan fingerprint density at radius 2 is 0.658 bits per heavy atom. The van der Waals surface area contributed by atoms with Crippen molar-refractivity contribution in [1.29, 1.82) is 0 Å². The molecule has 0 bridgehead atoms. The Morgan fingerprint density at radius 3 is 1.04 bits per heavy atom. The molecule has 2 heterocycles. The van der Waals surface area contributed by atoms with Crippen LogP contribution in [0.2, 0.25) is 0 Å². The molecule has 1 saturated carbocycles. The Kier molecular flexibility index (Phi) is 62.2. The van der Waals surface area contributed by atoms with Gasteiger partial charge in [0.25, 0.3) is 0 Å². The van der Waals surface area contributed by atoms with Gasteiger partial charge in [0.1, 0.15) is 92.6 Å². The van der Waals surface area contributed by atoms with E-state index in [4.69, 9.17) is 46.9 Å². The molecule has 2 saturated heterocycles. The van der Waals surface area contributed by atoms with Crippen molar-refractivity contribution in [1.82, 2.24) is 0 Å². The predicted octanol–water partition coefficient (Wildman–Crippen LogP) is 16.5. The van der Waals surface area contributed by atoms with E-state index in [9.17, 15) is 74.6 Å². The lowest BCUT2D eigenvalue weighted by Crippen LogP contribution is -2.70. The number of rotatable bonds is 74. The van der Waals surface area contributed by atoms with Gasteiger partial charge in [-0.1, -0.05) is 349 Å². The number of esters is 4. The number of aliphatic hydroxyl groups is 9. The number of hydrogen-bond acceptors (Lipinski definition) is 24. The highest BCUT2D eigenvalue weighted by Crippen LogP contribution is 2.49. The van der Waals surface area contributed by atoms with Crippen molar-refractivity contribution in [2.45, 2.75) is 505 Å². The third kappa shape index (κ3) is 47.6. The molecule has 114 heavy (non-hydrogen) atoms. The lowest BCUT2D eigenvalue weighted by atomic mass is 9.84. The first-order valence-corrected chi connectivity index (χ1v) is 47.7. The molecule has 1 aliphatic carbocycles. The molecule has 0 spiro atoms. The summed E-state index contributed by atoms with van der Waals surface area (Å²) < 4.78 is 73.4. The van der Waals surface area contributed by atoms with Gasteiger partial charge in [0, 0.05) is 25.7 Å². The molecule has 0 radical (unpaired) electrons. The van der Waals surface area contributed by atoms with Crippen molar-refractivity contribution in [3.8, 4) is 0 Å². The Bertz CT molecular complexity index is 2400. The van der Waals surface area contributed by atoms with Gasteiger partial charge in [-0.05, 0) is 31.6 Å². The Morgan fingerprint density at radius 1 is 0.342 bits per heavy atom. The van der Waals surface area contributed by atoms with Crippen LogP contribution in [-0.2, 0) is 70.7 Å². The fourth-order valence-corrected chi connectivity index (χ4v) is 16.5. The number of carbonyl (C=O) groups is 4. The minimum Gasteiger partial charge on any atom is -0.463 e. The minimum absolute atomic E-state index is 0.0193. The van der Waals surface area contributed by atoms with Gasteiger partial charge < -0.3 is 88.7 Å². The molecule has 3 fully saturated rings. The maximum Gasteiger partial charge on any atom is 0.472 e. The SMILES string of the molecule is CCCCCCCCCCCCCCCC(=O)OCC1OC(OC2C(OC(=O)CCCCCCCCCCCCCCC)C(O)C(O)C(OC3OC(CO)C(O)C(O)C3O)C2OP(=O)(O)OCC(COC(=O)CCCCCCCCC(C)CCCCCCCC)OC(=O)CCCCCCCCCCCCCCC)C(O)C(O)C1O. The van der Waals surface area contributed by atoms with Gasteiger partial charge in [-0.15, -0.1) is 0 Å². The van der Waals surface area contributed by atoms with Crippen LogP contribution in [-0.4, -0.2) is 205 Å². The summed E-state index contributed by atoms with van der Waals surface area (Å²) in [7, 11) is -5.80. The molecule has 19 atom stereocenters. The first-order chi connectivity index (χ1) is 55.1. The van der Waals surface area contributed by atoms with E-state index >= 15 is 0 Å². The van der Waals surface area contributed by atoms with Crippen molar-refractivity contribution < 1.29 is 122 Å². The van der Waals surface area contributed by atoms with Crippen LogP contribution in [0.15, 0.2) is 0 Å². The van der Waals surface area contributed by atoms with Crippen molar-refractivity contribution >= 4 is 31.7 Å². The highest BCUT2D eigenvalue weighted by Gasteiger charge is 2.60. The van der Waals surface area contributed by atoms with Crippen LogP contribution < -0.4 is 0 Å². The average Bonchev–Trinajstić information content (AvgIpc) is 0.755. The molecule has 0 aromatic rings. The van der Waals surface area contributed by atoms with Crippen LogP contribution in [0.5, 0.6) is 0 Å². The number of ether oxygens (including phenoxy) is 8. The van der Waals surface area contributed by atoms with E-state index in [0.717, 1.165) is 128 Å². The second-order valence-corrected chi connectivity index (χ2v) is 34.9. The first-order valence-electron chi connectivity index (χ1n) is 46.2. The molecule has 3 aliphatic rings. The summed E-state index contributed by atoms with van der Waals surface area (Å²) in [4.78, 5) is 66.4. The van der Waals surface area contributed by atoms with Crippen molar-refractivity contribution in [2.75, 3.05) is 26.4 Å². The molecular weight excluding hydrogens is 1490 g/mol. The highest BCUT2D eigenvalue weighted by atomic mass is 31.2. The summed E-state index contributed by atoms with van der Waals surface area (Å²) in [6, 6.07) is 0. The monoisotopic (exact) mass is 1650 g/mol. The summed E-state index contributed by atoms with van der Waals surface area (Å²) in [5, 5.41) is 102. The van der Waals surface area contributed by atoms with E-state index in [-0.39, 0.29) is 25.7 Å². The van der Waals surface area contributed by atoms with Gasteiger partial charge in [0.05, 0.1) is 13.2 Å².